The fourth-order valence-corrected chi connectivity index (χ4v) is 1.22. The fraction of sp³-hybridized carbons (Fsp3) is 0.154. The predicted molar refractivity (Wildman–Crippen MR) is 59.4 cm³/mol. The third kappa shape index (κ3) is 4.46. The number of hydrogen-bond donors (Lipinski definition) is 1. The maximum Gasteiger partial charge on any atom is 2.00 e. The average molecular weight is 255 g/mol. The summed E-state index contributed by atoms with van der Waals surface area (Å²) in [5.74, 6) is 0. The number of rotatable bonds is 1. The van der Waals surface area contributed by atoms with Crippen molar-refractivity contribution in [1.82, 2.24) is 0 Å². The molecule has 0 saturated carbocycles. The maximum atomic E-state index is 9.07. The summed E-state index contributed by atoms with van der Waals surface area (Å²) in [5.41, 5.74) is 1.28. The first-order valence-corrected chi connectivity index (χ1v) is 4.76. The molecule has 0 saturated heterocycles. The molecular weight excluding hydrogens is 242 g/mol. The largest absolute Gasteiger partial charge is 2.00 e. The van der Waals surface area contributed by atoms with Crippen LogP contribution in [0.2, 0.25) is 0 Å². The van der Waals surface area contributed by atoms with Gasteiger partial charge in [-0.15, -0.1) is 6.07 Å². The number of hydrogen-bond acceptors (Lipinski definition) is 2. The van der Waals surface area contributed by atoms with Gasteiger partial charge in [0.15, 0.2) is 0 Å². The molecular formula is C13H13FeNO. The standard InChI is InChI=1S/C8H8NO.C5H5.Fe/c1-6(10)8-4-2-3-7(8)5-9;1-2-4-5-3-1;/h2-4,6,10H,1H3;1-5H;/q2*-1;+2. The van der Waals surface area contributed by atoms with Crippen molar-refractivity contribution in [2.24, 2.45) is 0 Å². The van der Waals surface area contributed by atoms with Crippen molar-refractivity contribution in [3.05, 3.63) is 59.7 Å². The van der Waals surface area contributed by atoms with E-state index in [1.807, 2.05) is 36.4 Å². The summed E-state index contributed by atoms with van der Waals surface area (Å²) in [6.07, 6.45) is -0.537. The van der Waals surface area contributed by atoms with Gasteiger partial charge in [0.25, 0.3) is 0 Å². The van der Waals surface area contributed by atoms with Gasteiger partial charge in [0.1, 0.15) is 0 Å². The van der Waals surface area contributed by atoms with Gasteiger partial charge in [-0.25, -0.2) is 12.1 Å². The van der Waals surface area contributed by atoms with Gasteiger partial charge in [0.05, 0.1) is 0 Å². The summed E-state index contributed by atoms with van der Waals surface area (Å²) in [6.45, 7) is 1.65. The quantitative estimate of drug-likeness (QED) is 0.629. The van der Waals surface area contributed by atoms with E-state index in [9.17, 15) is 0 Å². The number of nitriles is 1. The van der Waals surface area contributed by atoms with Crippen LogP contribution in [0.4, 0.5) is 0 Å². The second kappa shape index (κ2) is 7.90. The molecule has 0 aromatic heterocycles. The van der Waals surface area contributed by atoms with Crippen LogP contribution in [-0.2, 0) is 17.1 Å². The van der Waals surface area contributed by atoms with Crippen LogP contribution in [0.25, 0.3) is 0 Å². The topological polar surface area (TPSA) is 44.0 Å². The minimum atomic E-state index is -0.537. The Labute approximate surface area is 106 Å². The molecule has 2 rings (SSSR count). The molecule has 16 heavy (non-hydrogen) atoms. The third-order valence-corrected chi connectivity index (χ3v) is 1.98. The Balaban J connectivity index is 0.000000318. The van der Waals surface area contributed by atoms with Crippen LogP contribution in [0.5, 0.6) is 0 Å². The molecule has 0 heterocycles. The zero-order valence-electron chi connectivity index (χ0n) is 8.94. The van der Waals surface area contributed by atoms with Gasteiger partial charge in [0, 0.05) is 6.10 Å². The molecule has 0 spiro atoms. The third-order valence-electron chi connectivity index (χ3n) is 1.98. The van der Waals surface area contributed by atoms with Crippen molar-refractivity contribution in [3.8, 4) is 6.07 Å². The fourth-order valence-electron chi connectivity index (χ4n) is 1.22. The van der Waals surface area contributed by atoms with Crippen molar-refractivity contribution in [2.45, 2.75) is 13.0 Å². The second-order valence-electron chi connectivity index (χ2n) is 3.14. The van der Waals surface area contributed by atoms with Crippen LogP contribution < -0.4 is 0 Å². The van der Waals surface area contributed by atoms with E-state index >= 15 is 0 Å². The van der Waals surface area contributed by atoms with Crippen LogP contribution >= 0.6 is 0 Å². The SMILES string of the molecule is CC(O)[c-]1cccc1C#N.[Fe+2].c1cc[cH-]c1. The first-order chi connectivity index (χ1) is 7.25. The zero-order chi connectivity index (χ0) is 11.1. The van der Waals surface area contributed by atoms with Gasteiger partial charge in [-0.1, -0.05) is 11.1 Å². The second-order valence-corrected chi connectivity index (χ2v) is 3.14. The monoisotopic (exact) mass is 255 g/mol. The number of aliphatic hydroxyl groups is 1. The molecule has 0 amide bonds. The molecule has 84 valence electrons. The van der Waals surface area contributed by atoms with Gasteiger partial charge in [-0.2, -0.15) is 30.3 Å². The molecule has 1 atom stereocenters. The van der Waals surface area contributed by atoms with Crippen LogP contribution in [0, 0.1) is 11.3 Å². The van der Waals surface area contributed by atoms with Gasteiger partial charge in [-0.05, 0) is 13.0 Å². The van der Waals surface area contributed by atoms with E-state index < -0.39 is 6.10 Å². The molecule has 1 N–H and O–H groups in total. The summed E-state index contributed by atoms with van der Waals surface area (Å²) in [5, 5.41) is 17.6. The molecule has 0 aliphatic heterocycles. The molecule has 2 nitrogen and oxygen atoms in total. The number of nitrogens with zero attached hydrogens (tertiary/aromatic N) is 1. The molecule has 0 radical (unpaired) electrons. The Bertz CT molecular complexity index is 392. The normalized spacial score (nSPS) is 10.3. The Kier molecular flexibility index (Phi) is 7.24. The van der Waals surface area contributed by atoms with Crippen molar-refractivity contribution < 1.29 is 22.2 Å². The summed E-state index contributed by atoms with van der Waals surface area (Å²) in [7, 11) is 0. The predicted octanol–water partition coefficient (Wildman–Crippen LogP) is 2.73. The number of aliphatic hydroxyl groups excluding tert-OH is 1. The first kappa shape index (κ1) is 14.7. The molecule has 2 aromatic rings. The first-order valence-electron chi connectivity index (χ1n) is 4.76. The van der Waals surface area contributed by atoms with Crippen molar-refractivity contribution in [1.29, 1.82) is 5.26 Å². The molecule has 3 heteroatoms. The van der Waals surface area contributed by atoms with E-state index in [-0.39, 0.29) is 17.1 Å². The Morgan fingerprint density at radius 2 is 2.00 bits per heavy atom. The van der Waals surface area contributed by atoms with Crippen LogP contribution in [0.15, 0.2) is 48.5 Å². The van der Waals surface area contributed by atoms with Crippen LogP contribution in [0.3, 0.4) is 0 Å². The smallest absolute Gasteiger partial charge is 0.398 e. The van der Waals surface area contributed by atoms with Gasteiger partial charge in [0.2, 0.25) is 0 Å². The van der Waals surface area contributed by atoms with E-state index in [4.69, 9.17) is 10.4 Å². The summed E-state index contributed by atoms with van der Waals surface area (Å²) in [4.78, 5) is 0. The van der Waals surface area contributed by atoms with E-state index in [0.29, 0.717) is 11.1 Å². The molecule has 2 aromatic carbocycles. The summed E-state index contributed by atoms with van der Waals surface area (Å²) < 4.78 is 0. The molecule has 0 bridgehead atoms. The van der Waals surface area contributed by atoms with E-state index in [1.165, 1.54) is 0 Å². The maximum absolute atomic E-state index is 9.07. The van der Waals surface area contributed by atoms with Gasteiger partial charge >= 0.3 is 17.1 Å². The Morgan fingerprint density at radius 3 is 2.31 bits per heavy atom. The minimum absolute atomic E-state index is 0. The molecule has 1 unspecified atom stereocenters. The average Bonchev–Trinajstić information content (AvgIpc) is 2.92. The van der Waals surface area contributed by atoms with E-state index in [0.717, 1.165) is 0 Å². The zero-order valence-corrected chi connectivity index (χ0v) is 10.0. The molecule has 0 fully saturated rings. The summed E-state index contributed by atoms with van der Waals surface area (Å²) >= 11 is 0. The van der Waals surface area contributed by atoms with Gasteiger partial charge < -0.3 is 5.11 Å². The van der Waals surface area contributed by atoms with Crippen LogP contribution in [-0.4, -0.2) is 5.11 Å². The van der Waals surface area contributed by atoms with E-state index in [1.54, 1.807) is 25.1 Å². The van der Waals surface area contributed by atoms with Crippen molar-refractivity contribution >= 4 is 0 Å². The van der Waals surface area contributed by atoms with E-state index in [2.05, 4.69) is 0 Å². The van der Waals surface area contributed by atoms with Crippen LogP contribution in [0.1, 0.15) is 24.2 Å². The molecule has 0 aliphatic carbocycles. The molecule has 0 aliphatic rings. The van der Waals surface area contributed by atoms with Gasteiger partial charge in [-0.3, -0.25) is 5.26 Å². The van der Waals surface area contributed by atoms with Crippen molar-refractivity contribution in [2.75, 3.05) is 0 Å². The Morgan fingerprint density at radius 1 is 1.38 bits per heavy atom. The Hall–Kier alpha value is -1.33. The summed E-state index contributed by atoms with van der Waals surface area (Å²) in [6, 6.07) is 17.2. The van der Waals surface area contributed by atoms with Crippen molar-refractivity contribution in [3.63, 3.8) is 0 Å². The minimum Gasteiger partial charge on any atom is -0.398 e.